The van der Waals surface area contributed by atoms with Crippen molar-refractivity contribution >= 4 is 11.7 Å². The minimum absolute atomic E-state index is 0.151. The molecule has 8 nitrogen and oxygen atoms in total. The molecule has 1 aliphatic rings. The molecule has 0 atom stereocenters. The van der Waals surface area contributed by atoms with Crippen LogP contribution in [-0.2, 0) is 7.05 Å². The second kappa shape index (κ2) is 5.31. The van der Waals surface area contributed by atoms with Gasteiger partial charge in [0.15, 0.2) is 0 Å². The molecular formula is C13H14N6O2. The van der Waals surface area contributed by atoms with E-state index in [0.717, 1.165) is 4.68 Å². The zero-order valence-corrected chi connectivity index (χ0v) is 11.4. The van der Waals surface area contributed by atoms with Crippen molar-refractivity contribution in [3.63, 3.8) is 0 Å². The molecule has 3 heterocycles. The third kappa shape index (κ3) is 2.73. The van der Waals surface area contributed by atoms with Gasteiger partial charge < -0.3 is 10.2 Å². The maximum Gasteiger partial charge on any atom is 0.274 e. The number of carbonyl (C=O) groups excluding carboxylic acids is 1. The summed E-state index contributed by atoms with van der Waals surface area (Å²) in [6.07, 6.45) is 4.85. The van der Waals surface area contributed by atoms with Crippen LogP contribution in [0.3, 0.4) is 0 Å². The first-order chi connectivity index (χ1) is 10.1. The van der Waals surface area contributed by atoms with Crippen LogP contribution in [0.1, 0.15) is 10.5 Å². The van der Waals surface area contributed by atoms with E-state index in [1.54, 1.807) is 23.5 Å². The number of amides is 1. The zero-order valence-electron chi connectivity index (χ0n) is 11.4. The van der Waals surface area contributed by atoms with Crippen LogP contribution in [0.2, 0.25) is 0 Å². The fourth-order valence-electron chi connectivity index (χ4n) is 2.10. The van der Waals surface area contributed by atoms with Gasteiger partial charge in [-0.25, -0.2) is 9.67 Å². The first-order valence-corrected chi connectivity index (χ1v) is 6.49. The summed E-state index contributed by atoms with van der Waals surface area (Å²) >= 11 is 0. The topological polar surface area (TPSA) is 93.0 Å². The van der Waals surface area contributed by atoms with E-state index < -0.39 is 0 Å². The second-order valence-electron chi connectivity index (χ2n) is 4.82. The largest absolute Gasteiger partial charge is 0.362 e. The predicted molar refractivity (Wildman–Crippen MR) is 74.8 cm³/mol. The third-order valence-corrected chi connectivity index (χ3v) is 3.26. The maximum absolute atomic E-state index is 12.2. The normalized spacial score (nSPS) is 14.6. The van der Waals surface area contributed by atoms with Crippen LogP contribution in [0.5, 0.6) is 0 Å². The molecule has 0 bridgehead atoms. The Hall–Kier alpha value is -2.77. The molecule has 1 saturated heterocycles. The van der Waals surface area contributed by atoms with Crippen molar-refractivity contribution in [3.05, 3.63) is 46.8 Å². The lowest BCUT2D eigenvalue weighted by Crippen LogP contribution is -2.57. The molecule has 8 heteroatoms. The highest BCUT2D eigenvalue weighted by Gasteiger charge is 2.32. The van der Waals surface area contributed by atoms with Crippen LogP contribution in [0.15, 0.2) is 35.5 Å². The van der Waals surface area contributed by atoms with Crippen LogP contribution in [0.25, 0.3) is 0 Å². The van der Waals surface area contributed by atoms with E-state index in [-0.39, 0.29) is 23.2 Å². The number of carbonyl (C=O) groups is 1. The number of rotatable bonds is 3. The van der Waals surface area contributed by atoms with Crippen molar-refractivity contribution in [2.24, 2.45) is 7.05 Å². The molecule has 1 fully saturated rings. The molecule has 3 rings (SSSR count). The zero-order chi connectivity index (χ0) is 14.8. The lowest BCUT2D eigenvalue weighted by Gasteiger charge is -2.39. The molecule has 21 heavy (non-hydrogen) atoms. The highest BCUT2D eigenvalue weighted by atomic mass is 16.2. The summed E-state index contributed by atoms with van der Waals surface area (Å²) in [4.78, 5) is 33.2. The Morgan fingerprint density at radius 1 is 1.33 bits per heavy atom. The van der Waals surface area contributed by atoms with Crippen molar-refractivity contribution in [2.75, 3.05) is 18.4 Å². The quantitative estimate of drug-likeness (QED) is 0.818. The minimum atomic E-state index is -0.239. The molecule has 0 unspecified atom stereocenters. The number of aryl methyl sites for hydroxylation is 1. The summed E-state index contributed by atoms with van der Waals surface area (Å²) in [6.45, 7) is 1.14. The second-order valence-corrected chi connectivity index (χ2v) is 4.82. The lowest BCUT2D eigenvalue weighted by atomic mass is 10.1. The van der Waals surface area contributed by atoms with Crippen LogP contribution in [-0.4, -0.2) is 49.7 Å². The van der Waals surface area contributed by atoms with Crippen molar-refractivity contribution in [3.8, 4) is 0 Å². The van der Waals surface area contributed by atoms with Gasteiger partial charge in [-0.15, -0.1) is 0 Å². The van der Waals surface area contributed by atoms with Crippen molar-refractivity contribution in [2.45, 2.75) is 6.04 Å². The summed E-state index contributed by atoms with van der Waals surface area (Å²) < 4.78 is 1.16. The fourth-order valence-corrected chi connectivity index (χ4v) is 2.10. The monoisotopic (exact) mass is 286 g/mol. The molecule has 2 aromatic rings. The van der Waals surface area contributed by atoms with E-state index in [9.17, 15) is 9.59 Å². The number of nitrogens with one attached hydrogen (secondary N) is 1. The molecule has 0 aromatic carbocycles. The average Bonchev–Trinajstić information content (AvgIpc) is 2.46. The van der Waals surface area contributed by atoms with Gasteiger partial charge in [0, 0.05) is 38.6 Å². The Morgan fingerprint density at radius 3 is 2.81 bits per heavy atom. The average molecular weight is 286 g/mol. The summed E-state index contributed by atoms with van der Waals surface area (Å²) in [5, 5.41) is 7.15. The van der Waals surface area contributed by atoms with Crippen molar-refractivity contribution < 1.29 is 4.79 Å². The van der Waals surface area contributed by atoms with Crippen molar-refractivity contribution in [1.82, 2.24) is 24.6 Å². The van der Waals surface area contributed by atoms with Crippen molar-refractivity contribution in [1.29, 1.82) is 0 Å². The molecule has 1 N–H and O–H groups in total. The highest BCUT2D eigenvalue weighted by molar-refractivity contribution is 5.92. The van der Waals surface area contributed by atoms with Gasteiger partial charge in [-0.05, 0) is 6.07 Å². The number of likely N-dealkylation sites (tertiary alicyclic amines) is 1. The number of nitrogens with zero attached hydrogens (tertiary/aromatic N) is 5. The summed E-state index contributed by atoms with van der Waals surface area (Å²) in [5.74, 6) is 0.512. The van der Waals surface area contributed by atoms with Gasteiger partial charge in [-0.1, -0.05) is 0 Å². The Bertz CT molecular complexity index is 708. The van der Waals surface area contributed by atoms with Crippen LogP contribution < -0.4 is 10.9 Å². The molecule has 2 aromatic heterocycles. The van der Waals surface area contributed by atoms with Gasteiger partial charge in [0.2, 0.25) is 0 Å². The molecule has 0 spiro atoms. The van der Waals surface area contributed by atoms with E-state index >= 15 is 0 Å². The SMILES string of the molecule is Cn1nc(C(=O)N2CC(Nc3cnccn3)C2)ccc1=O. The first kappa shape index (κ1) is 13.2. The van der Waals surface area contributed by atoms with Gasteiger partial charge in [0.05, 0.1) is 12.2 Å². The van der Waals surface area contributed by atoms with E-state index in [2.05, 4.69) is 20.4 Å². The smallest absolute Gasteiger partial charge is 0.274 e. The van der Waals surface area contributed by atoms with Gasteiger partial charge >= 0.3 is 0 Å². The molecule has 108 valence electrons. The van der Waals surface area contributed by atoms with Gasteiger partial charge in [0.25, 0.3) is 11.5 Å². The highest BCUT2D eigenvalue weighted by Crippen LogP contribution is 2.15. The van der Waals surface area contributed by atoms with Crippen LogP contribution >= 0.6 is 0 Å². The van der Waals surface area contributed by atoms with Gasteiger partial charge in [-0.3, -0.25) is 14.6 Å². The van der Waals surface area contributed by atoms with Gasteiger partial charge in [-0.2, -0.15) is 5.10 Å². The Morgan fingerprint density at radius 2 is 2.14 bits per heavy atom. The molecule has 0 radical (unpaired) electrons. The fraction of sp³-hybridized carbons (Fsp3) is 0.308. The first-order valence-electron chi connectivity index (χ1n) is 6.49. The standard InChI is InChI=1S/C13H14N6O2/c1-18-12(20)3-2-10(17-18)13(21)19-7-9(8-19)16-11-6-14-4-5-15-11/h2-6,9H,7-8H2,1H3,(H,15,16). The van der Waals surface area contributed by atoms with Gasteiger partial charge in [0.1, 0.15) is 11.5 Å². The van der Waals surface area contributed by atoms with E-state index in [1.807, 2.05) is 0 Å². The third-order valence-electron chi connectivity index (χ3n) is 3.26. The van der Waals surface area contributed by atoms with E-state index in [0.29, 0.717) is 18.9 Å². The Kier molecular flexibility index (Phi) is 3.35. The number of hydrogen-bond acceptors (Lipinski definition) is 6. The molecule has 0 saturated carbocycles. The summed E-state index contributed by atoms with van der Waals surface area (Å²) in [6, 6.07) is 2.95. The van der Waals surface area contributed by atoms with E-state index in [1.165, 1.54) is 19.2 Å². The molecule has 1 amide bonds. The summed E-state index contributed by atoms with van der Waals surface area (Å²) in [5.41, 5.74) is 0.0346. The maximum atomic E-state index is 12.2. The minimum Gasteiger partial charge on any atom is -0.362 e. The molecular weight excluding hydrogens is 272 g/mol. The number of hydrogen-bond donors (Lipinski definition) is 1. The molecule has 0 aliphatic carbocycles. The Balaban J connectivity index is 1.59. The summed E-state index contributed by atoms with van der Waals surface area (Å²) in [7, 11) is 1.52. The Labute approximate surface area is 120 Å². The predicted octanol–water partition coefficient (Wildman–Crippen LogP) is -0.493. The van der Waals surface area contributed by atoms with E-state index in [4.69, 9.17) is 0 Å². The lowest BCUT2D eigenvalue weighted by molar-refractivity contribution is 0.0616. The number of anilines is 1. The molecule has 1 aliphatic heterocycles. The van der Waals surface area contributed by atoms with Crippen LogP contribution in [0, 0.1) is 0 Å². The van der Waals surface area contributed by atoms with Crippen LogP contribution in [0.4, 0.5) is 5.82 Å². The number of aromatic nitrogens is 4.